The van der Waals surface area contributed by atoms with Gasteiger partial charge in [0, 0.05) is 24.1 Å². The maximum absolute atomic E-state index is 13.4. The van der Waals surface area contributed by atoms with Crippen LogP contribution in [0, 0.1) is 17.8 Å². The minimum Gasteiger partial charge on any atom is -0.453 e. The van der Waals surface area contributed by atoms with Gasteiger partial charge in [-0.2, -0.15) is 0 Å². The second kappa shape index (κ2) is 20.1. The molecule has 14 heteroatoms. The number of amides is 4. The van der Waals surface area contributed by atoms with Crippen LogP contribution in [0.3, 0.4) is 0 Å². The summed E-state index contributed by atoms with van der Waals surface area (Å²) in [7, 11) is 2.50. The number of aromatic amines is 2. The van der Waals surface area contributed by atoms with Gasteiger partial charge < -0.3 is 40.7 Å². The van der Waals surface area contributed by atoms with E-state index in [1.807, 2.05) is 61.2 Å². The number of H-pyrrole nitrogens is 2. The highest BCUT2D eigenvalue weighted by Crippen LogP contribution is 2.32. The molecular weight excluding hydrogens is 664 g/mol. The molecular formula is C38H50N8O6. The number of aryl methyl sites for hydroxylation is 1. The summed E-state index contributed by atoms with van der Waals surface area (Å²) < 4.78 is 8.87. The average molecular weight is 715 g/mol. The van der Waals surface area contributed by atoms with Crippen LogP contribution in [0.1, 0.15) is 82.7 Å². The van der Waals surface area contributed by atoms with Crippen molar-refractivity contribution in [3.63, 3.8) is 0 Å². The van der Waals surface area contributed by atoms with Crippen LogP contribution >= 0.6 is 0 Å². The van der Waals surface area contributed by atoms with Crippen LogP contribution < -0.4 is 16.4 Å². The van der Waals surface area contributed by atoms with Crippen LogP contribution in [0.4, 0.5) is 9.59 Å². The van der Waals surface area contributed by atoms with E-state index in [0.717, 1.165) is 64.3 Å². The van der Waals surface area contributed by atoms with E-state index in [1.54, 1.807) is 6.20 Å². The summed E-state index contributed by atoms with van der Waals surface area (Å²) in [4.78, 5) is 63.1. The summed E-state index contributed by atoms with van der Waals surface area (Å²) in [6, 6.07) is 13.2. The number of carbonyl (C=O) groups is 4. The first-order valence-corrected chi connectivity index (χ1v) is 17.3. The third-order valence-electron chi connectivity index (χ3n) is 7.84. The second-order valence-electron chi connectivity index (χ2n) is 12.3. The zero-order valence-electron chi connectivity index (χ0n) is 31.0. The van der Waals surface area contributed by atoms with Gasteiger partial charge in [-0.15, -0.1) is 0 Å². The van der Waals surface area contributed by atoms with Gasteiger partial charge in [0.2, 0.25) is 11.8 Å². The Morgan fingerprint density at radius 2 is 1.63 bits per heavy atom. The summed E-state index contributed by atoms with van der Waals surface area (Å²) in [5.41, 5.74) is 10.3. The number of benzene rings is 2. The number of nitrogens with zero attached hydrogens (tertiary/aromatic N) is 3. The highest BCUT2D eigenvalue weighted by Gasteiger charge is 2.37. The van der Waals surface area contributed by atoms with Gasteiger partial charge in [0.05, 0.1) is 49.7 Å². The summed E-state index contributed by atoms with van der Waals surface area (Å²) in [5, 5.41) is 4.78. The van der Waals surface area contributed by atoms with Crippen LogP contribution in [0.15, 0.2) is 48.7 Å². The Morgan fingerprint density at radius 1 is 0.981 bits per heavy atom. The number of aromatic nitrogens is 4. The number of carbonyl (C=O) groups excluding carboxylic acids is 4. The highest BCUT2D eigenvalue weighted by molar-refractivity contribution is 5.86. The number of primary amides is 1. The molecule has 0 aliphatic carbocycles. The molecule has 1 aliphatic rings. The Balaban J connectivity index is 0.000000526. The smallest absolute Gasteiger partial charge is 0.407 e. The van der Waals surface area contributed by atoms with Gasteiger partial charge in [0.15, 0.2) is 0 Å². The molecule has 6 N–H and O–H groups in total. The van der Waals surface area contributed by atoms with E-state index in [1.165, 1.54) is 20.6 Å². The number of fused-ring (bicyclic) bond motifs is 1. The Bertz CT molecular complexity index is 1850. The number of nitrogens with one attached hydrogen (secondary N) is 4. The molecule has 278 valence electrons. The molecule has 14 nitrogen and oxygen atoms in total. The van der Waals surface area contributed by atoms with E-state index < -0.39 is 24.1 Å². The van der Waals surface area contributed by atoms with Gasteiger partial charge in [-0.1, -0.05) is 65.0 Å². The van der Waals surface area contributed by atoms with E-state index in [9.17, 15) is 19.2 Å². The molecule has 2 atom stereocenters. The number of imidazole rings is 2. The van der Waals surface area contributed by atoms with E-state index in [2.05, 4.69) is 73.7 Å². The second-order valence-corrected chi connectivity index (χ2v) is 12.3. The zero-order chi connectivity index (χ0) is 38.2. The number of hydrogen-bond acceptors (Lipinski definition) is 8. The van der Waals surface area contributed by atoms with Crippen LogP contribution in [0.2, 0.25) is 0 Å². The normalized spacial score (nSPS) is 13.8. The molecule has 3 heterocycles. The predicted octanol–water partition coefficient (Wildman–Crippen LogP) is 5.20. The fourth-order valence-electron chi connectivity index (χ4n) is 5.26. The molecule has 0 radical (unpaired) electrons. The van der Waals surface area contributed by atoms with Crippen molar-refractivity contribution in [1.29, 1.82) is 0 Å². The maximum Gasteiger partial charge on any atom is 0.407 e. The van der Waals surface area contributed by atoms with Gasteiger partial charge in [-0.25, -0.2) is 19.6 Å². The van der Waals surface area contributed by atoms with Crippen molar-refractivity contribution < 1.29 is 28.7 Å². The summed E-state index contributed by atoms with van der Waals surface area (Å²) in [6.45, 7) is 10.6. The van der Waals surface area contributed by atoms with Gasteiger partial charge in [-0.05, 0) is 54.7 Å². The van der Waals surface area contributed by atoms with Crippen molar-refractivity contribution in [2.45, 2.75) is 72.4 Å². The van der Waals surface area contributed by atoms with Crippen molar-refractivity contribution >= 4 is 35.0 Å². The van der Waals surface area contributed by atoms with Crippen LogP contribution in [-0.4, -0.2) is 82.2 Å². The van der Waals surface area contributed by atoms with E-state index in [4.69, 9.17) is 4.74 Å². The number of rotatable bonds is 8. The van der Waals surface area contributed by atoms with Crippen molar-refractivity contribution in [2.75, 3.05) is 27.3 Å². The Morgan fingerprint density at radius 3 is 2.25 bits per heavy atom. The predicted molar refractivity (Wildman–Crippen MR) is 199 cm³/mol. The molecule has 1 fully saturated rings. The molecule has 1 saturated heterocycles. The number of ether oxygens (including phenoxy) is 2. The minimum absolute atomic E-state index is 0.0797. The number of methoxy groups -OCH3 is 2. The van der Waals surface area contributed by atoms with Gasteiger partial charge in [0.25, 0.3) is 0 Å². The highest BCUT2D eigenvalue weighted by atomic mass is 16.5. The fraction of sp³-hybridized carbons (Fsp3) is 0.421. The standard InChI is InChI=1S/C31H34N6O3.C4H8N2O3.C3H8/c1-5-27-33-23-15-12-21(17-24(23)34-27)9-8-20-10-13-22(14-11-20)25-18-32-29(35-25)26-7-6-16-37(26)30(38)28(19(2)3)36-31(39)40-4;1-9-4(8)6-2-3(5)7;1-3-2/h10-15,17-19,26,28H,5-7,16H2,1-4H3,(H,32,35)(H,33,34)(H,36,39);2H2,1H3,(H2,5,7)(H,6,8);3H2,1-2H3. The Hall–Kier alpha value is -5.84. The number of likely N-dealkylation sites (tertiary alicyclic amines) is 1. The molecule has 2 aromatic heterocycles. The van der Waals surface area contributed by atoms with E-state index >= 15 is 0 Å². The average Bonchev–Trinajstić information content (AvgIpc) is 3.92. The first-order valence-electron chi connectivity index (χ1n) is 17.3. The third-order valence-corrected chi connectivity index (χ3v) is 7.84. The largest absolute Gasteiger partial charge is 0.453 e. The molecule has 0 saturated carbocycles. The van der Waals surface area contributed by atoms with Gasteiger partial charge in [-0.3, -0.25) is 9.59 Å². The first kappa shape index (κ1) is 40.6. The topological polar surface area (TPSA) is 197 Å². The van der Waals surface area contributed by atoms with Crippen LogP contribution in [0.5, 0.6) is 0 Å². The molecule has 2 unspecified atom stereocenters. The third kappa shape index (κ3) is 11.6. The summed E-state index contributed by atoms with van der Waals surface area (Å²) >= 11 is 0. The lowest BCUT2D eigenvalue weighted by Gasteiger charge is -2.30. The monoisotopic (exact) mass is 714 g/mol. The van der Waals surface area contributed by atoms with Crippen LogP contribution in [0.25, 0.3) is 22.3 Å². The van der Waals surface area contributed by atoms with Gasteiger partial charge >= 0.3 is 12.2 Å². The molecule has 52 heavy (non-hydrogen) atoms. The molecule has 5 rings (SSSR count). The van der Waals surface area contributed by atoms with Crippen LogP contribution in [-0.2, 0) is 25.5 Å². The molecule has 0 spiro atoms. The molecule has 2 aromatic carbocycles. The molecule has 1 aliphatic heterocycles. The molecule has 4 aromatic rings. The lowest BCUT2D eigenvalue weighted by Crippen LogP contribution is -2.51. The van der Waals surface area contributed by atoms with E-state index in [0.29, 0.717) is 6.54 Å². The number of nitrogens with two attached hydrogens (primary N) is 1. The summed E-state index contributed by atoms with van der Waals surface area (Å²) in [6.07, 6.45) is 4.32. The van der Waals surface area contributed by atoms with Crippen molar-refractivity contribution in [3.8, 4) is 23.1 Å². The Kier molecular flexibility index (Phi) is 15.7. The minimum atomic E-state index is -0.661. The number of alkyl carbamates (subject to hydrolysis) is 2. The van der Waals surface area contributed by atoms with Crippen molar-refractivity contribution in [3.05, 3.63) is 71.4 Å². The SMILES string of the molecule is CCC.CCc1nc2ccc(C#Cc3ccc(-c4cnc(C5CCCN5C(=O)C(NC(=O)OC)C(C)C)[nH]4)cc3)cc2[nH]1.COC(=O)NCC(N)=O. The summed E-state index contributed by atoms with van der Waals surface area (Å²) in [5.74, 6) is 7.39. The van der Waals surface area contributed by atoms with Crippen molar-refractivity contribution in [1.82, 2.24) is 35.5 Å². The lowest BCUT2D eigenvalue weighted by atomic mass is 10.0. The zero-order valence-corrected chi connectivity index (χ0v) is 31.0. The first-order chi connectivity index (χ1) is 24.9. The number of hydrogen-bond donors (Lipinski definition) is 5. The van der Waals surface area contributed by atoms with Crippen molar-refractivity contribution in [2.24, 2.45) is 11.7 Å². The quantitative estimate of drug-likeness (QED) is 0.153. The lowest BCUT2D eigenvalue weighted by molar-refractivity contribution is -0.135. The molecule has 4 amide bonds. The van der Waals surface area contributed by atoms with Gasteiger partial charge in [0.1, 0.15) is 17.7 Å². The Labute approximate surface area is 304 Å². The maximum atomic E-state index is 13.4. The fourth-order valence-corrected chi connectivity index (χ4v) is 5.26. The molecule has 0 bridgehead atoms. The van der Waals surface area contributed by atoms with E-state index in [-0.39, 0.29) is 24.4 Å².